The highest BCUT2D eigenvalue weighted by Gasteiger charge is 2.07. The molecule has 0 radical (unpaired) electrons. The largest absolute Gasteiger partial charge is 0.454 e. The van der Waals surface area contributed by atoms with Crippen molar-refractivity contribution in [2.24, 2.45) is 5.92 Å². The maximum Gasteiger partial charge on any atom is 0.166 e. The molecule has 2 aromatic rings. The van der Waals surface area contributed by atoms with Crippen molar-refractivity contribution in [3.63, 3.8) is 0 Å². The van der Waals surface area contributed by atoms with Gasteiger partial charge in [-0.05, 0) is 42.3 Å². The molecule has 21 heavy (non-hydrogen) atoms. The summed E-state index contributed by atoms with van der Waals surface area (Å²) in [5, 5.41) is 3.25. The van der Waals surface area contributed by atoms with E-state index in [4.69, 9.17) is 4.74 Å². The molecule has 0 amide bonds. The Morgan fingerprint density at radius 1 is 1.10 bits per heavy atom. The lowest BCUT2D eigenvalue weighted by Gasteiger charge is -2.10. The third-order valence-corrected chi connectivity index (χ3v) is 2.90. The van der Waals surface area contributed by atoms with E-state index in [0.717, 1.165) is 12.1 Å². The zero-order valence-electron chi connectivity index (χ0n) is 12.2. The minimum atomic E-state index is -0.455. The molecule has 0 bridgehead atoms. The van der Waals surface area contributed by atoms with E-state index in [9.17, 15) is 8.78 Å². The Labute approximate surface area is 123 Å². The average molecular weight is 291 g/mol. The van der Waals surface area contributed by atoms with Crippen molar-refractivity contribution in [3.8, 4) is 11.5 Å². The van der Waals surface area contributed by atoms with Gasteiger partial charge in [0.15, 0.2) is 11.6 Å². The highest BCUT2D eigenvalue weighted by Crippen LogP contribution is 2.25. The van der Waals surface area contributed by atoms with Crippen molar-refractivity contribution >= 4 is 0 Å². The van der Waals surface area contributed by atoms with Crippen LogP contribution in [0.5, 0.6) is 11.5 Å². The van der Waals surface area contributed by atoms with Gasteiger partial charge in [-0.2, -0.15) is 0 Å². The molecule has 0 heterocycles. The molecule has 4 heteroatoms. The number of hydrogen-bond acceptors (Lipinski definition) is 2. The molecule has 2 nitrogen and oxygen atoms in total. The number of rotatable bonds is 6. The molecule has 0 unspecified atom stereocenters. The SMILES string of the molecule is CC(C)CNCc1ccc(Oc2cccc(F)c2)c(F)c1. The summed E-state index contributed by atoms with van der Waals surface area (Å²) in [4.78, 5) is 0. The van der Waals surface area contributed by atoms with E-state index in [1.54, 1.807) is 18.2 Å². The van der Waals surface area contributed by atoms with Crippen LogP contribution in [0, 0.1) is 17.6 Å². The van der Waals surface area contributed by atoms with Crippen LogP contribution in [0.2, 0.25) is 0 Å². The van der Waals surface area contributed by atoms with E-state index in [1.807, 2.05) is 0 Å². The van der Waals surface area contributed by atoms with Gasteiger partial charge < -0.3 is 10.1 Å². The second-order valence-corrected chi connectivity index (χ2v) is 5.35. The molecular weight excluding hydrogens is 272 g/mol. The van der Waals surface area contributed by atoms with Gasteiger partial charge in [0.1, 0.15) is 11.6 Å². The normalized spacial score (nSPS) is 10.9. The molecule has 0 atom stereocenters. The Hall–Kier alpha value is -1.94. The van der Waals surface area contributed by atoms with E-state index in [1.165, 1.54) is 24.3 Å². The Morgan fingerprint density at radius 3 is 2.57 bits per heavy atom. The minimum absolute atomic E-state index is 0.0909. The number of ether oxygens (including phenoxy) is 1. The van der Waals surface area contributed by atoms with Gasteiger partial charge in [0.25, 0.3) is 0 Å². The van der Waals surface area contributed by atoms with Crippen molar-refractivity contribution in [2.75, 3.05) is 6.54 Å². The fourth-order valence-corrected chi connectivity index (χ4v) is 1.90. The zero-order valence-corrected chi connectivity index (χ0v) is 12.2. The second-order valence-electron chi connectivity index (χ2n) is 5.35. The molecule has 0 fully saturated rings. The van der Waals surface area contributed by atoms with Crippen LogP contribution >= 0.6 is 0 Å². The maximum atomic E-state index is 14.0. The first-order valence-corrected chi connectivity index (χ1v) is 6.97. The van der Waals surface area contributed by atoms with E-state index < -0.39 is 11.6 Å². The molecule has 0 aliphatic heterocycles. The fourth-order valence-electron chi connectivity index (χ4n) is 1.90. The molecule has 0 saturated carbocycles. The quantitative estimate of drug-likeness (QED) is 0.846. The summed E-state index contributed by atoms with van der Waals surface area (Å²) in [6.45, 7) is 5.71. The standard InChI is InChI=1S/C17H19F2NO/c1-12(2)10-20-11-13-6-7-17(16(19)8-13)21-15-5-3-4-14(18)9-15/h3-9,12,20H,10-11H2,1-2H3. The topological polar surface area (TPSA) is 21.3 Å². The summed E-state index contributed by atoms with van der Waals surface area (Å²) in [7, 11) is 0. The van der Waals surface area contributed by atoms with Gasteiger partial charge in [0, 0.05) is 12.6 Å². The van der Waals surface area contributed by atoms with Crippen molar-refractivity contribution in [1.29, 1.82) is 0 Å². The lowest BCUT2D eigenvalue weighted by molar-refractivity contribution is 0.437. The Bertz CT molecular complexity index is 599. The summed E-state index contributed by atoms with van der Waals surface area (Å²) in [6, 6.07) is 10.4. The molecule has 0 aromatic heterocycles. The molecule has 0 aliphatic carbocycles. The number of hydrogen-bond donors (Lipinski definition) is 1. The van der Waals surface area contributed by atoms with Gasteiger partial charge in [0.2, 0.25) is 0 Å². The van der Waals surface area contributed by atoms with Crippen LogP contribution in [0.15, 0.2) is 42.5 Å². The van der Waals surface area contributed by atoms with Crippen LogP contribution in [0.1, 0.15) is 19.4 Å². The van der Waals surface area contributed by atoms with Crippen LogP contribution in [0.25, 0.3) is 0 Å². The van der Waals surface area contributed by atoms with Gasteiger partial charge in [-0.3, -0.25) is 0 Å². The lowest BCUT2D eigenvalue weighted by Crippen LogP contribution is -2.18. The first-order valence-electron chi connectivity index (χ1n) is 6.97. The number of nitrogens with one attached hydrogen (secondary N) is 1. The van der Waals surface area contributed by atoms with Gasteiger partial charge in [-0.15, -0.1) is 0 Å². The van der Waals surface area contributed by atoms with Crippen molar-refractivity contribution in [2.45, 2.75) is 20.4 Å². The molecule has 0 spiro atoms. The highest BCUT2D eigenvalue weighted by atomic mass is 19.1. The van der Waals surface area contributed by atoms with Crippen LogP contribution in [-0.4, -0.2) is 6.54 Å². The van der Waals surface area contributed by atoms with Gasteiger partial charge >= 0.3 is 0 Å². The molecule has 2 aromatic carbocycles. The Kier molecular flexibility index (Phi) is 5.28. The van der Waals surface area contributed by atoms with E-state index in [2.05, 4.69) is 19.2 Å². The van der Waals surface area contributed by atoms with Crippen LogP contribution in [-0.2, 0) is 6.54 Å². The van der Waals surface area contributed by atoms with Crippen molar-refractivity contribution < 1.29 is 13.5 Å². The predicted octanol–water partition coefficient (Wildman–Crippen LogP) is 4.50. The van der Waals surface area contributed by atoms with Gasteiger partial charge in [-0.25, -0.2) is 8.78 Å². The maximum absolute atomic E-state index is 14.0. The molecular formula is C17H19F2NO. The summed E-state index contributed by atoms with van der Waals surface area (Å²) in [5.74, 6) is 0.0451. The Morgan fingerprint density at radius 2 is 1.90 bits per heavy atom. The molecule has 0 aliphatic rings. The predicted molar refractivity (Wildman–Crippen MR) is 79.4 cm³/mol. The number of benzene rings is 2. The summed E-state index contributed by atoms with van der Waals surface area (Å²) in [6.07, 6.45) is 0. The monoisotopic (exact) mass is 291 g/mol. The van der Waals surface area contributed by atoms with E-state index >= 15 is 0 Å². The zero-order chi connectivity index (χ0) is 15.2. The van der Waals surface area contributed by atoms with Crippen LogP contribution < -0.4 is 10.1 Å². The van der Waals surface area contributed by atoms with Gasteiger partial charge in [0.05, 0.1) is 0 Å². The van der Waals surface area contributed by atoms with Crippen molar-refractivity contribution in [3.05, 3.63) is 59.7 Å². The number of halogens is 2. The van der Waals surface area contributed by atoms with E-state index in [0.29, 0.717) is 12.5 Å². The first kappa shape index (κ1) is 15.4. The third-order valence-electron chi connectivity index (χ3n) is 2.90. The van der Waals surface area contributed by atoms with Crippen LogP contribution in [0.4, 0.5) is 8.78 Å². The summed E-state index contributed by atoms with van der Waals surface area (Å²) in [5.41, 5.74) is 0.847. The molecule has 0 saturated heterocycles. The van der Waals surface area contributed by atoms with Crippen molar-refractivity contribution in [1.82, 2.24) is 5.32 Å². The molecule has 1 N–H and O–H groups in total. The second kappa shape index (κ2) is 7.18. The highest BCUT2D eigenvalue weighted by molar-refractivity contribution is 5.34. The first-order chi connectivity index (χ1) is 10.0. The fraction of sp³-hybridized carbons (Fsp3) is 0.294. The van der Waals surface area contributed by atoms with E-state index in [-0.39, 0.29) is 11.5 Å². The van der Waals surface area contributed by atoms with Gasteiger partial charge in [-0.1, -0.05) is 26.0 Å². The molecule has 2 rings (SSSR count). The summed E-state index contributed by atoms with van der Waals surface area (Å²) >= 11 is 0. The summed E-state index contributed by atoms with van der Waals surface area (Å²) < 4.78 is 32.4. The van der Waals surface area contributed by atoms with Crippen LogP contribution in [0.3, 0.4) is 0 Å². The lowest BCUT2D eigenvalue weighted by atomic mass is 10.2. The minimum Gasteiger partial charge on any atom is -0.454 e. The third kappa shape index (κ3) is 4.83. The smallest absolute Gasteiger partial charge is 0.166 e. The molecule has 112 valence electrons. The Balaban J connectivity index is 2.02. The average Bonchev–Trinajstić information content (AvgIpc) is 2.41.